The van der Waals surface area contributed by atoms with Crippen LogP contribution in [-0.4, -0.2) is 52.0 Å². The zero-order valence-electron chi connectivity index (χ0n) is 21.0. The third-order valence-corrected chi connectivity index (χ3v) is 10.5. The summed E-state index contributed by atoms with van der Waals surface area (Å²) in [5.41, 5.74) is 1.61. The van der Waals surface area contributed by atoms with Crippen molar-refractivity contribution >= 4 is 15.8 Å². The summed E-state index contributed by atoms with van der Waals surface area (Å²) in [6.45, 7) is 5.41. The van der Waals surface area contributed by atoms with Gasteiger partial charge in [0, 0.05) is 37.6 Å². The molecular weight excluding hydrogens is 481 g/mol. The van der Waals surface area contributed by atoms with Gasteiger partial charge in [-0.2, -0.15) is 0 Å². The Hall–Kier alpha value is -2.29. The molecule has 0 bridgehead atoms. The highest BCUT2D eigenvalue weighted by Gasteiger charge is 2.43. The topological polar surface area (TPSA) is 81.7 Å². The van der Waals surface area contributed by atoms with Gasteiger partial charge in [0.25, 0.3) is 0 Å². The summed E-state index contributed by atoms with van der Waals surface area (Å²) in [6.07, 6.45) is 2.32. The normalized spacial score (nSPS) is 25.2. The highest BCUT2D eigenvalue weighted by atomic mass is 32.2. The molecule has 2 aromatic carbocycles. The summed E-state index contributed by atoms with van der Waals surface area (Å²) in [7, 11) is -3.54. The fraction of sp³-hybridized carbons (Fsp3) is 0.536. The number of hydrogen-bond donors (Lipinski definition) is 1. The second kappa shape index (κ2) is 11.4. The molecule has 36 heavy (non-hydrogen) atoms. The molecule has 0 saturated carbocycles. The average Bonchev–Trinajstić information content (AvgIpc) is 2.87. The minimum absolute atomic E-state index is 0.102. The van der Waals surface area contributed by atoms with E-state index < -0.39 is 26.2 Å². The molecule has 0 amide bonds. The number of rotatable bonds is 8. The van der Waals surface area contributed by atoms with Crippen molar-refractivity contribution < 1.29 is 27.1 Å². The van der Waals surface area contributed by atoms with Crippen LogP contribution in [-0.2, 0) is 35.9 Å². The number of carbonyl (C=O) groups excluding carboxylic acids is 1. The predicted octanol–water partition coefficient (Wildman–Crippen LogP) is 4.28. The monoisotopic (exact) mass is 517 g/mol. The van der Waals surface area contributed by atoms with Gasteiger partial charge in [-0.3, -0.25) is 4.79 Å². The van der Waals surface area contributed by atoms with Gasteiger partial charge in [-0.05, 0) is 62.3 Å². The molecule has 8 heteroatoms. The zero-order chi connectivity index (χ0) is 25.8. The third-order valence-electron chi connectivity index (χ3n) is 7.82. The van der Waals surface area contributed by atoms with Crippen molar-refractivity contribution in [3.8, 4) is 0 Å². The summed E-state index contributed by atoms with van der Waals surface area (Å²) < 4.78 is 53.3. The van der Waals surface area contributed by atoms with Crippen LogP contribution in [0.4, 0.5) is 4.39 Å². The van der Waals surface area contributed by atoms with Crippen LogP contribution in [0.5, 0.6) is 0 Å². The molecule has 0 spiro atoms. The van der Waals surface area contributed by atoms with Gasteiger partial charge in [0.05, 0.1) is 17.1 Å². The SMILES string of the molecule is CCOC(=O)CCC1(c2ccc(CC3[C@H](C)NC[C@@H](c4ccccc4)S3(=O)=O)c(F)c2)CCOCC1. The van der Waals surface area contributed by atoms with Gasteiger partial charge >= 0.3 is 5.97 Å². The number of benzene rings is 2. The van der Waals surface area contributed by atoms with Crippen LogP contribution < -0.4 is 5.32 Å². The van der Waals surface area contributed by atoms with Crippen molar-refractivity contribution in [1.82, 2.24) is 5.32 Å². The first kappa shape index (κ1) is 26.8. The van der Waals surface area contributed by atoms with Crippen molar-refractivity contribution in [1.29, 1.82) is 0 Å². The van der Waals surface area contributed by atoms with E-state index in [4.69, 9.17) is 9.47 Å². The van der Waals surface area contributed by atoms with E-state index in [0.717, 1.165) is 11.1 Å². The lowest BCUT2D eigenvalue weighted by Gasteiger charge is -2.38. The highest BCUT2D eigenvalue weighted by Crippen LogP contribution is 2.40. The molecule has 196 valence electrons. The second-order valence-electron chi connectivity index (χ2n) is 9.93. The number of halogens is 1. The molecule has 2 fully saturated rings. The molecule has 4 rings (SSSR count). The minimum atomic E-state index is -3.54. The molecule has 1 N–H and O–H groups in total. The lowest BCUT2D eigenvalue weighted by molar-refractivity contribution is -0.143. The van der Waals surface area contributed by atoms with Gasteiger partial charge in [-0.1, -0.05) is 42.5 Å². The van der Waals surface area contributed by atoms with E-state index in [1.165, 1.54) is 6.07 Å². The molecule has 0 aliphatic carbocycles. The first-order valence-corrected chi connectivity index (χ1v) is 14.4. The van der Waals surface area contributed by atoms with Crippen LogP contribution in [0.2, 0.25) is 0 Å². The van der Waals surface area contributed by atoms with Crippen LogP contribution in [0, 0.1) is 5.82 Å². The average molecular weight is 518 g/mol. The van der Waals surface area contributed by atoms with Gasteiger partial charge in [-0.15, -0.1) is 0 Å². The maximum absolute atomic E-state index is 15.5. The van der Waals surface area contributed by atoms with Crippen LogP contribution in [0.25, 0.3) is 0 Å². The van der Waals surface area contributed by atoms with Gasteiger partial charge < -0.3 is 14.8 Å². The Labute approximate surface area is 213 Å². The Morgan fingerprint density at radius 2 is 1.89 bits per heavy atom. The Balaban J connectivity index is 1.57. The summed E-state index contributed by atoms with van der Waals surface area (Å²) in [5, 5.41) is 1.93. The smallest absolute Gasteiger partial charge is 0.305 e. The van der Waals surface area contributed by atoms with E-state index >= 15 is 4.39 Å². The molecular formula is C28H36FNO5S. The Morgan fingerprint density at radius 3 is 2.56 bits per heavy atom. The summed E-state index contributed by atoms with van der Waals surface area (Å²) in [5.74, 6) is -0.656. The first-order valence-electron chi connectivity index (χ1n) is 12.8. The van der Waals surface area contributed by atoms with Crippen LogP contribution >= 0.6 is 0 Å². The van der Waals surface area contributed by atoms with E-state index in [1.807, 2.05) is 43.3 Å². The standard InChI is InChI=1S/C28H36FNO5S/c1-3-35-27(31)11-12-28(13-15-34-16-14-28)23-10-9-22(24(29)18-23)17-25-20(2)30-19-26(36(25,32)33)21-7-5-4-6-8-21/h4-10,18,20,25-26,30H,3,11-17,19H2,1-2H3/t20-,25?,26-/m0/s1. The zero-order valence-corrected chi connectivity index (χ0v) is 21.9. The number of carbonyl (C=O) groups is 1. The quantitative estimate of drug-likeness (QED) is 0.527. The number of sulfone groups is 1. The van der Waals surface area contributed by atoms with E-state index in [1.54, 1.807) is 13.0 Å². The van der Waals surface area contributed by atoms with Crippen LogP contribution in [0.1, 0.15) is 61.5 Å². The fourth-order valence-corrected chi connectivity index (χ4v) is 7.95. The first-order chi connectivity index (χ1) is 17.3. The van der Waals surface area contributed by atoms with E-state index in [-0.39, 0.29) is 30.3 Å². The van der Waals surface area contributed by atoms with Crippen LogP contribution in [0.15, 0.2) is 48.5 Å². The van der Waals surface area contributed by atoms with E-state index in [0.29, 0.717) is 51.2 Å². The molecule has 0 radical (unpaired) electrons. The lowest BCUT2D eigenvalue weighted by atomic mass is 9.71. The summed E-state index contributed by atoms with van der Waals surface area (Å²) in [4.78, 5) is 12.0. The van der Waals surface area contributed by atoms with Gasteiger partial charge in [0.15, 0.2) is 9.84 Å². The molecule has 2 saturated heterocycles. The molecule has 2 aliphatic heterocycles. The van der Waals surface area contributed by atoms with E-state index in [2.05, 4.69) is 5.32 Å². The van der Waals surface area contributed by atoms with E-state index in [9.17, 15) is 13.2 Å². The maximum atomic E-state index is 15.5. The molecule has 2 heterocycles. The Morgan fingerprint density at radius 1 is 1.17 bits per heavy atom. The minimum Gasteiger partial charge on any atom is -0.466 e. The van der Waals surface area contributed by atoms with Gasteiger partial charge in [0.1, 0.15) is 5.82 Å². The Bertz CT molecular complexity index is 1150. The molecule has 3 atom stereocenters. The number of hydrogen-bond acceptors (Lipinski definition) is 6. The highest BCUT2D eigenvalue weighted by molar-refractivity contribution is 7.92. The summed E-state index contributed by atoms with van der Waals surface area (Å²) >= 11 is 0. The lowest BCUT2D eigenvalue weighted by Crippen LogP contribution is -2.53. The molecule has 2 aliphatic rings. The maximum Gasteiger partial charge on any atom is 0.305 e. The van der Waals surface area contributed by atoms with Crippen LogP contribution in [0.3, 0.4) is 0 Å². The summed E-state index contributed by atoms with van der Waals surface area (Å²) in [6, 6.07) is 14.1. The van der Waals surface area contributed by atoms with Crippen molar-refractivity contribution in [3.63, 3.8) is 0 Å². The van der Waals surface area contributed by atoms with Gasteiger partial charge in [-0.25, -0.2) is 12.8 Å². The molecule has 2 aromatic rings. The predicted molar refractivity (Wildman–Crippen MR) is 137 cm³/mol. The van der Waals surface area contributed by atoms with Crippen molar-refractivity contribution in [2.75, 3.05) is 26.4 Å². The van der Waals surface area contributed by atoms with Crippen molar-refractivity contribution in [3.05, 3.63) is 71.0 Å². The van der Waals surface area contributed by atoms with Gasteiger partial charge in [0.2, 0.25) is 0 Å². The Kier molecular flexibility index (Phi) is 8.48. The number of esters is 1. The fourth-order valence-electron chi connectivity index (χ4n) is 5.58. The molecule has 1 unspecified atom stereocenters. The number of ether oxygens (including phenoxy) is 2. The van der Waals surface area contributed by atoms with Crippen molar-refractivity contribution in [2.24, 2.45) is 0 Å². The second-order valence-corrected chi connectivity index (χ2v) is 12.3. The molecule has 6 nitrogen and oxygen atoms in total. The largest absolute Gasteiger partial charge is 0.466 e. The van der Waals surface area contributed by atoms with Crippen molar-refractivity contribution in [2.45, 2.75) is 67.9 Å². The molecule has 0 aromatic heterocycles. The number of nitrogens with one attached hydrogen (secondary N) is 1. The third kappa shape index (κ3) is 5.66.